The first-order valence-electron chi connectivity index (χ1n) is 5.43. The summed E-state index contributed by atoms with van der Waals surface area (Å²) in [5, 5.41) is 8.54. The van der Waals surface area contributed by atoms with E-state index in [1.165, 1.54) is 6.92 Å². The molecule has 1 aromatic carbocycles. The monoisotopic (exact) mass is 279 g/mol. The molecule has 18 heavy (non-hydrogen) atoms. The third kappa shape index (κ3) is 4.23. The molecule has 0 amide bonds. The van der Waals surface area contributed by atoms with Crippen molar-refractivity contribution in [1.82, 2.24) is 0 Å². The van der Waals surface area contributed by atoms with E-state index in [9.17, 15) is 17.2 Å². The van der Waals surface area contributed by atoms with Gasteiger partial charge in [0.05, 0.1) is 11.4 Å². The van der Waals surface area contributed by atoms with E-state index < -0.39 is 27.3 Å². The standard InChI is InChI=1S/C11H15F2NO3S/c1-8-6-10(13)11(7-9(8)12)14-18(16,17)5-3-2-4-15/h6-7,14-15H,2-5H2,1H3. The highest BCUT2D eigenvalue weighted by Gasteiger charge is 2.14. The number of halogens is 2. The van der Waals surface area contributed by atoms with E-state index in [4.69, 9.17) is 5.11 Å². The minimum atomic E-state index is -3.73. The van der Waals surface area contributed by atoms with Crippen molar-refractivity contribution in [3.63, 3.8) is 0 Å². The summed E-state index contributed by atoms with van der Waals surface area (Å²) >= 11 is 0. The second-order valence-corrected chi connectivity index (χ2v) is 5.77. The molecule has 0 radical (unpaired) electrons. The number of aliphatic hydroxyl groups excluding tert-OH is 1. The molecule has 0 aliphatic heterocycles. The van der Waals surface area contributed by atoms with Crippen LogP contribution in [0.5, 0.6) is 0 Å². The van der Waals surface area contributed by atoms with Crippen molar-refractivity contribution in [2.24, 2.45) is 0 Å². The van der Waals surface area contributed by atoms with Crippen molar-refractivity contribution < 1.29 is 22.3 Å². The van der Waals surface area contributed by atoms with Gasteiger partial charge in [0.1, 0.15) is 11.6 Å². The number of hydrogen-bond acceptors (Lipinski definition) is 3. The molecule has 0 bridgehead atoms. The van der Waals surface area contributed by atoms with Gasteiger partial charge in [-0.05, 0) is 31.4 Å². The van der Waals surface area contributed by atoms with Gasteiger partial charge in [0.15, 0.2) is 0 Å². The van der Waals surface area contributed by atoms with Crippen LogP contribution in [0.4, 0.5) is 14.5 Å². The van der Waals surface area contributed by atoms with E-state index in [1.807, 2.05) is 4.72 Å². The van der Waals surface area contributed by atoms with Gasteiger partial charge in [0, 0.05) is 12.7 Å². The molecule has 1 rings (SSSR count). The maximum atomic E-state index is 13.4. The number of unbranched alkanes of at least 4 members (excludes halogenated alkanes) is 1. The van der Waals surface area contributed by atoms with Crippen LogP contribution >= 0.6 is 0 Å². The van der Waals surface area contributed by atoms with Crippen LogP contribution < -0.4 is 4.72 Å². The number of anilines is 1. The Balaban J connectivity index is 2.81. The number of aryl methyl sites for hydroxylation is 1. The Kier molecular flexibility index (Phi) is 5.03. The van der Waals surface area contributed by atoms with Gasteiger partial charge in [0.2, 0.25) is 10.0 Å². The maximum Gasteiger partial charge on any atom is 0.232 e. The third-order valence-corrected chi connectivity index (χ3v) is 3.69. The van der Waals surface area contributed by atoms with Crippen molar-refractivity contribution in [2.75, 3.05) is 17.1 Å². The van der Waals surface area contributed by atoms with Crippen LogP contribution in [-0.2, 0) is 10.0 Å². The van der Waals surface area contributed by atoms with Crippen molar-refractivity contribution >= 4 is 15.7 Å². The number of benzene rings is 1. The van der Waals surface area contributed by atoms with Gasteiger partial charge in [-0.1, -0.05) is 0 Å². The second-order valence-electron chi connectivity index (χ2n) is 3.93. The molecular formula is C11H15F2NO3S. The first kappa shape index (κ1) is 14.8. The van der Waals surface area contributed by atoms with Crippen molar-refractivity contribution in [3.8, 4) is 0 Å². The van der Waals surface area contributed by atoms with E-state index >= 15 is 0 Å². The van der Waals surface area contributed by atoms with Gasteiger partial charge in [0.25, 0.3) is 0 Å². The van der Waals surface area contributed by atoms with Crippen molar-refractivity contribution in [1.29, 1.82) is 0 Å². The number of nitrogens with one attached hydrogen (secondary N) is 1. The molecule has 0 unspecified atom stereocenters. The first-order chi connectivity index (χ1) is 8.35. The van der Waals surface area contributed by atoms with Gasteiger partial charge < -0.3 is 5.11 Å². The molecule has 0 saturated heterocycles. The highest BCUT2D eigenvalue weighted by molar-refractivity contribution is 7.92. The predicted molar refractivity (Wildman–Crippen MR) is 64.8 cm³/mol. The molecule has 0 fully saturated rings. The molecule has 0 aromatic heterocycles. The summed E-state index contributed by atoms with van der Waals surface area (Å²) in [5.74, 6) is -1.74. The van der Waals surface area contributed by atoms with E-state index in [2.05, 4.69) is 0 Å². The van der Waals surface area contributed by atoms with Gasteiger partial charge in [-0.25, -0.2) is 17.2 Å². The Morgan fingerprint density at radius 3 is 2.50 bits per heavy atom. The highest BCUT2D eigenvalue weighted by Crippen LogP contribution is 2.20. The Bertz CT molecular complexity index is 517. The zero-order chi connectivity index (χ0) is 13.8. The molecule has 0 aliphatic carbocycles. The van der Waals surface area contributed by atoms with Crippen LogP contribution in [0.25, 0.3) is 0 Å². The van der Waals surface area contributed by atoms with Crippen LogP contribution in [0.15, 0.2) is 12.1 Å². The molecule has 7 heteroatoms. The van der Waals surface area contributed by atoms with Crippen LogP contribution in [-0.4, -0.2) is 25.9 Å². The van der Waals surface area contributed by atoms with Crippen LogP contribution in [0.3, 0.4) is 0 Å². The number of hydrogen-bond donors (Lipinski definition) is 2. The lowest BCUT2D eigenvalue weighted by Gasteiger charge is -2.09. The third-order valence-electron chi connectivity index (χ3n) is 2.33. The van der Waals surface area contributed by atoms with E-state index in [0.29, 0.717) is 6.42 Å². The lowest BCUT2D eigenvalue weighted by atomic mass is 10.2. The predicted octanol–water partition coefficient (Wildman–Crippen LogP) is 1.79. The first-order valence-corrected chi connectivity index (χ1v) is 7.08. The average molecular weight is 279 g/mol. The molecule has 0 atom stereocenters. The second kappa shape index (κ2) is 6.10. The van der Waals surface area contributed by atoms with Crippen LogP contribution in [0.1, 0.15) is 18.4 Å². The SMILES string of the molecule is Cc1cc(F)c(NS(=O)(=O)CCCCO)cc1F. The molecule has 0 spiro atoms. The molecule has 1 aromatic rings. The Morgan fingerprint density at radius 2 is 1.89 bits per heavy atom. The Hall–Kier alpha value is -1.21. The summed E-state index contributed by atoms with van der Waals surface area (Å²) in [4.78, 5) is 0. The summed E-state index contributed by atoms with van der Waals surface area (Å²) in [6, 6.07) is 1.75. The van der Waals surface area contributed by atoms with E-state index in [-0.39, 0.29) is 24.3 Å². The molecule has 2 N–H and O–H groups in total. The number of rotatable bonds is 6. The molecule has 4 nitrogen and oxygen atoms in total. The zero-order valence-electron chi connectivity index (χ0n) is 9.91. The summed E-state index contributed by atoms with van der Waals surface area (Å²) in [6.07, 6.45) is 0.591. The fraction of sp³-hybridized carbons (Fsp3) is 0.455. The average Bonchev–Trinajstić information content (AvgIpc) is 2.26. The zero-order valence-corrected chi connectivity index (χ0v) is 10.7. The molecule has 102 valence electrons. The topological polar surface area (TPSA) is 66.4 Å². The smallest absolute Gasteiger partial charge is 0.232 e. The summed E-state index contributed by atoms with van der Waals surface area (Å²) in [6.45, 7) is 1.28. The number of sulfonamides is 1. The Morgan fingerprint density at radius 1 is 1.22 bits per heavy atom. The van der Waals surface area contributed by atoms with E-state index in [0.717, 1.165) is 12.1 Å². The van der Waals surface area contributed by atoms with Crippen molar-refractivity contribution in [3.05, 3.63) is 29.3 Å². The van der Waals surface area contributed by atoms with Gasteiger partial charge in [-0.15, -0.1) is 0 Å². The summed E-state index contributed by atoms with van der Waals surface area (Å²) < 4.78 is 51.7. The lowest BCUT2D eigenvalue weighted by molar-refractivity contribution is 0.287. The van der Waals surface area contributed by atoms with Gasteiger partial charge in [-0.2, -0.15) is 0 Å². The minimum absolute atomic E-state index is 0.107. The summed E-state index contributed by atoms with van der Waals surface area (Å²) in [7, 11) is -3.73. The molecule has 0 aliphatic rings. The fourth-order valence-electron chi connectivity index (χ4n) is 1.35. The number of aliphatic hydroxyl groups is 1. The van der Waals surface area contributed by atoms with E-state index in [1.54, 1.807) is 0 Å². The van der Waals surface area contributed by atoms with Crippen molar-refractivity contribution in [2.45, 2.75) is 19.8 Å². The minimum Gasteiger partial charge on any atom is -0.396 e. The maximum absolute atomic E-state index is 13.4. The van der Waals surface area contributed by atoms with Crippen LogP contribution in [0.2, 0.25) is 0 Å². The van der Waals surface area contributed by atoms with Crippen LogP contribution in [0, 0.1) is 18.6 Å². The Labute approximate surface area is 105 Å². The molecule has 0 saturated carbocycles. The highest BCUT2D eigenvalue weighted by atomic mass is 32.2. The lowest BCUT2D eigenvalue weighted by Crippen LogP contribution is -2.18. The largest absolute Gasteiger partial charge is 0.396 e. The molecule has 0 heterocycles. The quantitative estimate of drug-likeness (QED) is 0.780. The van der Waals surface area contributed by atoms with Gasteiger partial charge in [-0.3, -0.25) is 4.72 Å². The summed E-state index contributed by atoms with van der Waals surface area (Å²) in [5.41, 5.74) is -0.294. The van der Waals surface area contributed by atoms with Gasteiger partial charge >= 0.3 is 0 Å². The normalized spacial score (nSPS) is 11.6. The molecular weight excluding hydrogens is 264 g/mol. The fourth-order valence-corrected chi connectivity index (χ4v) is 2.52.